The highest BCUT2D eigenvalue weighted by Crippen LogP contribution is 2.24. The number of rotatable bonds is 3. The number of hydrogen-bond acceptors (Lipinski definition) is 3. The Hall–Kier alpha value is -0.120. The first kappa shape index (κ1) is 9.96. The molecule has 1 rings (SSSR count). The van der Waals surface area contributed by atoms with E-state index in [1.807, 2.05) is 6.92 Å². The Morgan fingerprint density at radius 1 is 1.58 bits per heavy atom. The Labute approximate surface area is 74.6 Å². The van der Waals surface area contributed by atoms with Gasteiger partial charge in [-0.3, -0.25) is 4.90 Å². The quantitative estimate of drug-likeness (QED) is 0.637. The second-order valence-electron chi connectivity index (χ2n) is 3.85. The van der Waals surface area contributed by atoms with Crippen molar-refractivity contribution >= 4 is 0 Å². The van der Waals surface area contributed by atoms with Crippen LogP contribution in [0.25, 0.3) is 0 Å². The van der Waals surface area contributed by atoms with Gasteiger partial charge in [-0.1, -0.05) is 0 Å². The fraction of sp³-hybridized carbons (Fsp3) is 1.00. The minimum absolute atomic E-state index is 0.139. The second-order valence-corrected chi connectivity index (χ2v) is 3.85. The van der Waals surface area contributed by atoms with E-state index >= 15 is 0 Å². The molecule has 1 unspecified atom stereocenters. The SMILES string of the molecule is CCOCC1OCC(C)(C)N1C. The van der Waals surface area contributed by atoms with Crippen LogP contribution >= 0.6 is 0 Å². The zero-order chi connectivity index (χ0) is 9.19. The van der Waals surface area contributed by atoms with Crippen LogP contribution in [0.15, 0.2) is 0 Å². The third kappa shape index (κ3) is 1.97. The van der Waals surface area contributed by atoms with Crippen LogP contribution in [0.1, 0.15) is 20.8 Å². The summed E-state index contributed by atoms with van der Waals surface area (Å²) >= 11 is 0. The Kier molecular flexibility index (Phi) is 3.09. The van der Waals surface area contributed by atoms with E-state index in [0.717, 1.165) is 13.2 Å². The molecule has 0 amide bonds. The Bertz CT molecular complexity index is 147. The summed E-state index contributed by atoms with van der Waals surface area (Å²) in [5, 5.41) is 0. The molecule has 0 aliphatic carbocycles. The summed E-state index contributed by atoms with van der Waals surface area (Å²) in [6, 6.07) is 0. The van der Waals surface area contributed by atoms with Crippen LogP contribution in [0.4, 0.5) is 0 Å². The molecule has 0 aromatic rings. The lowest BCUT2D eigenvalue weighted by Crippen LogP contribution is -2.42. The highest BCUT2D eigenvalue weighted by molar-refractivity contribution is 4.86. The fourth-order valence-corrected chi connectivity index (χ4v) is 1.28. The first-order valence-electron chi connectivity index (χ1n) is 4.50. The standard InChI is InChI=1S/C9H19NO2/c1-5-11-6-8-10(4)9(2,3)7-12-8/h8H,5-7H2,1-4H3. The molecule has 72 valence electrons. The van der Waals surface area contributed by atoms with E-state index in [-0.39, 0.29) is 11.8 Å². The molecular weight excluding hydrogens is 154 g/mol. The van der Waals surface area contributed by atoms with Crippen molar-refractivity contribution in [2.24, 2.45) is 0 Å². The van der Waals surface area contributed by atoms with Crippen molar-refractivity contribution in [3.05, 3.63) is 0 Å². The van der Waals surface area contributed by atoms with Crippen LogP contribution in [0.5, 0.6) is 0 Å². The molecule has 3 heteroatoms. The number of nitrogens with zero attached hydrogens (tertiary/aromatic N) is 1. The molecule has 0 bridgehead atoms. The van der Waals surface area contributed by atoms with Gasteiger partial charge in [0.1, 0.15) is 6.23 Å². The Morgan fingerprint density at radius 3 is 2.67 bits per heavy atom. The largest absolute Gasteiger partial charge is 0.378 e. The van der Waals surface area contributed by atoms with Crippen LogP contribution < -0.4 is 0 Å². The minimum atomic E-state index is 0.139. The highest BCUT2D eigenvalue weighted by Gasteiger charge is 2.37. The van der Waals surface area contributed by atoms with E-state index in [0.29, 0.717) is 6.61 Å². The summed E-state index contributed by atoms with van der Waals surface area (Å²) in [6.07, 6.45) is 0.139. The summed E-state index contributed by atoms with van der Waals surface area (Å²) in [5.41, 5.74) is 0.155. The van der Waals surface area contributed by atoms with Crippen molar-refractivity contribution in [3.63, 3.8) is 0 Å². The van der Waals surface area contributed by atoms with E-state index in [1.165, 1.54) is 0 Å². The zero-order valence-electron chi connectivity index (χ0n) is 8.46. The van der Waals surface area contributed by atoms with Crippen molar-refractivity contribution in [3.8, 4) is 0 Å². The molecule has 1 atom stereocenters. The molecule has 12 heavy (non-hydrogen) atoms. The predicted octanol–water partition coefficient (Wildman–Crippen LogP) is 1.09. The minimum Gasteiger partial charge on any atom is -0.378 e. The molecule has 1 aliphatic heterocycles. The molecule has 0 saturated carbocycles. The van der Waals surface area contributed by atoms with Gasteiger partial charge in [0.15, 0.2) is 0 Å². The lowest BCUT2D eigenvalue weighted by molar-refractivity contribution is -0.0314. The average molecular weight is 173 g/mol. The van der Waals surface area contributed by atoms with Crippen LogP contribution in [-0.2, 0) is 9.47 Å². The third-order valence-corrected chi connectivity index (χ3v) is 2.48. The van der Waals surface area contributed by atoms with Gasteiger partial charge in [-0.2, -0.15) is 0 Å². The summed E-state index contributed by atoms with van der Waals surface area (Å²) in [7, 11) is 2.08. The van der Waals surface area contributed by atoms with Gasteiger partial charge in [-0.15, -0.1) is 0 Å². The van der Waals surface area contributed by atoms with Crippen molar-refractivity contribution in [1.82, 2.24) is 4.90 Å². The monoisotopic (exact) mass is 173 g/mol. The lowest BCUT2D eigenvalue weighted by Gasteiger charge is -2.28. The summed E-state index contributed by atoms with van der Waals surface area (Å²) in [6.45, 7) is 8.59. The maximum absolute atomic E-state index is 5.58. The first-order valence-corrected chi connectivity index (χ1v) is 4.50. The van der Waals surface area contributed by atoms with Crippen LogP contribution in [0, 0.1) is 0 Å². The van der Waals surface area contributed by atoms with Crippen molar-refractivity contribution in [1.29, 1.82) is 0 Å². The summed E-state index contributed by atoms with van der Waals surface area (Å²) < 4.78 is 10.9. The van der Waals surface area contributed by atoms with E-state index in [4.69, 9.17) is 9.47 Å². The molecule has 1 heterocycles. The van der Waals surface area contributed by atoms with Gasteiger partial charge in [0.2, 0.25) is 0 Å². The van der Waals surface area contributed by atoms with E-state index in [9.17, 15) is 0 Å². The summed E-state index contributed by atoms with van der Waals surface area (Å²) in [4.78, 5) is 2.22. The Balaban J connectivity index is 2.39. The predicted molar refractivity (Wildman–Crippen MR) is 48.1 cm³/mol. The van der Waals surface area contributed by atoms with E-state index < -0.39 is 0 Å². The maximum atomic E-state index is 5.58. The van der Waals surface area contributed by atoms with Crippen LogP contribution in [0.2, 0.25) is 0 Å². The van der Waals surface area contributed by atoms with Gasteiger partial charge in [0.25, 0.3) is 0 Å². The molecular formula is C9H19NO2. The summed E-state index contributed by atoms with van der Waals surface area (Å²) in [5.74, 6) is 0. The first-order chi connectivity index (χ1) is 5.58. The molecule has 3 nitrogen and oxygen atoms in total. The zero-order valence-corrected chi connectivity index (χ0v) is 8.46. The molecule has 1 aliphatic rings. The second kappa shape index (κ2) is 3.73. The van der Waals surface area contributed by atoms with E-state index in [1.54, 1.807) is 0 Å². The molecule has 0 N–H and O–H groups in total. The molecule has 1 saturated heterocycles. The lowest BCUT2D eigenvalue weighted by atomic mass is 10.1. The molecule has 0 aromatic carbocycles. The highest BCUT2D eigenvalue weighted by atomic mass is 16.6. The van der Waals surface area contributed by atoms with Gasteiger partial charge >= 0.3 is 0 Å². The Morgan fingerprint density at radius 2 is 2.25 bits per heavy atom. The number of hydrogen-bond donors (Lipinski definition) is 0. The third-order valence-electron chi connectivity index (χ3n) is 2.48. The average Bonchev–Trinajstić information content (AvgIpc) is 2.26. The fourth-order valence-electron chi connectivity index (χ4n) is 1.28. The van der Waals surface area contributed by atoms with Crippen molar-refractivity contribution < 1.29 is 9.47 Å². The van der Waals surface area contributed by atoms with Gasteiger partial charge in [-0.25, -0.2) is 0 Å². The van der Waals surface area contributed by atoms with Gasteiger partial charge in [-0.05, 0) is 27.8 Å². The smallest absolute Gasteiger partial charge is 0.134 e. The molecule has 0 aromatic heterocycles. The topological polar surface area (TPSA) is 21.7 Å². The van der Waals surface area contributed by atoms with Crippen LogP contribution in [0.3, 0.4) is 0 Å². The van der Waals surface area contributed by atoms with E-state index in [2.05, 4.69) is 25.8 Å². The van der Waals surface area contributed by atoms with Gasteiger partial charge in [0.05, 0.1) is 13.2 Å². The van der Waals surface area contributed by atoms with Crippen molar-refractivity contribution in [2.45, 2.75) is 32.5 Å². The molecule has 1 fully saturated rings. The van der Waals surface area contributed by atoms with Gasteiger partial charge < -0.3 is 9.47 Å². The van der Waals surface area contributed by atoms with Crippen molar-refractivity contribution in [2.75, 3.05) is 26.9 Å². The maximum Gasteiger partial charge on any atom is 0.134 e. The molecule has 0 radical (unpaired) electrons. The van der Waals surface area contributed by atoms with Gasteiger partial charge in [0, 0.05) is 12.1 Å². The van der Waals surface area contributed by atoms with Crippen LogP contribution in [-0.4, -0.2) is 43.5 Å². The number of ether oxygens (including phenoxy) is 2. The number of likely N-dealkylation sites (N-methyl/N-ethyl adjacent to an activating group) is 1. The normalized spacial score (nSPS) is 29.5. The molecule has 0 spiro atoms.